The van der Waals surface area contributed by atoms with Crippen LogP contribution in [0.4, 0.5) is 0 Å². The van der Waals surface area contributed by atoms with Crippen LogP contribution in [0, 0.1) is 16.7 Å². The van der Waals surface area contributed by atoms with Crippen LogP contribution in [0.3, 0.4) is 0 Å². The quantitative estimate of drug-likeness (QED) is 0.685. The predicted octanol–water partition coefficient (Wildman–Crippen LogP) is 5.42. The van der Waals surface area contributed by atoms with E-state index < -0.39 is 5.60 Å². The van der Waals surface area contributed by atoms with Gasteiger partial charge in [-0.05, 0) is 56.3 Å². The van der Waals surface area contributed by atoms with Gasteiger partial charge in [-0.15, -0.1) is 6.58 Å². The molecule has 21 heavy (non-hydrogen) atoms. The lowest BCUT2D eigenvalue weighted by atomic mass is 9.51. The Kier molecular flexibility index (Phi) is 4.28. The van der Waals surface area contributed by atoms with E-state index in [0.29, 0.717) is 11.3 Å². The highest BCUT2D eigenvalue weighted by Crippen LogP contribution is 2.58. The van der Waals surface area contributed by atoms with Crippen molar-refractivity contribution < 1.29 is 5.11 Å². The molecule has 1 N–H and O–H groups in total. The third-order valence-corrected chi connectivity index (χ3v) is 6.07. The summed E-state index contributed by atoms with van der Waals surface area (Å²) in [6, 6.07) is 0. The number of allylic oxidation sites excluding steroid dienone is 4. The lowest BCUT2D eigenvalue weighted by Crippen LogP contribution is -2.44. The van der Waals surface area contributed by atoms with Crippen molar-refractivity contribution in [2.45, 2.75) is 72.3 Å². The maximum Gasteiger partial charge on any atom is 0.0800 e. The summed E-state index contributed by atoms with van der Waals surface area (Å²) in [5.41, 5.74) is 2.84. The van der Waals surface area contributed by atoms with E-state index in [-0.39, 0.29) is 5.41 Å². The van der Waals surface area contributed by atoms with Gasteiger partial charge in [0.1, 0.15) is 0 Å². The fraction of sp³-hybridized carbons (Fsp3) is 0.700. The van der Waals surface area contributed by atoms with Gasteiger partial charge in [0.25, 0.3) is 0 Å². The minimum atomic E-state index is -0.759. The maximum absolute atomic E-state index is 10.3. The Balaban J connectivity index is 2.30. The monoisotopic (exact) mass is 288 g/mol. The lowest BCUT2D eigenvalue weighted by molar-refractivity contribution is 0.0518. The molecule has 1 saturated carbocycles. The van der Waals surface area contributed by atoms with Crippen LogP contribution in [0.2, 0.25) is 0 Å². The minimum absolute atomic E-state index is 0.262. The SMILES string of the molecule is C=C[C@](C)(O)CCC1=C(C)C=C[C@H]2C(C)(C)CCC[C@]12C. The summed E-state index contributed by atoms with van der Waals surface area (Å²) in [4.78, 5) is 0. The van der Waals surface area contributed by atoms with Crippen LogP contribution in [0.5, 0.6) is 0 Å². The van der Waals surface area contributed by atoms with Gasteiger partial charge in [-0.1, -0.05) is 56.6 Å². The summed E-state index contributed by atoms with van der Waals surface area (Å²) in [6.45, 7) is 15.1. The molecule has 2 aliphatic rings. The number of aliphatic hydroxyl groups is 1. The van der Waals surface area contributed by atoms with Gasteiger partial charge in [0.05, 0.1) is 5.60 Å². The summed E-state index contributed by atoms with van der Waals surface area (Å²) in [6.07, 6.45) is 12.1. The van der Waals surface area contributed by atoms with Crippen molar-refractivity contribution in [2.75, 3.05) is 0 Å². The molecule has 118 valence electrons. The molecule has 0 unspecified atom stereocenters. The van der Waals surface area contributed by atoms with Crippen molar-refractivity contribution in [3.05, 3.63) is 36.0 Å². The van der Waals surface area contributed by atoms with E-state index in [1.807, 2.05) is 6.92 Å². The van der Waals surface area contributed by atoms with E-state index in [2.05, 4.69) is 46.4 Å². The summed E-state index contributed by atoms with van der Waals surface area (Å²) < 4.78 is 0. The second-order valence-corrected chi connectivity index (χ2v) is 8.32. The maximum atomic E-state index is 10.3. The molecule has 3 atom stereocenters. The Morgan fingerprint density at radius 1 is 1.38 bits per heavy atom. The first-order valence-electron chi connectivity index (χ1n) is 8.37. The normalized spacial score (nSPS) is 34.3. The molecule has 0 spiro atoms. The highest BCUT2D eigenvalue weighted by atomic mass is 16.3. The van der Waals surface area contributed by atoms with Crippen LogP contribution in [0.25, 0.3) is 0 Å². The molecular weight excluding hydrogens is 256 g/mol. The molecule has 0 aromatic carbocycles. The fourth-order valence-electron chi connectivity index (χ4n) is 4.65. The predicted molar refractivity (Wildman–Crippen MR) is 91.1 cm³/mol. The Bertz CT molecular complexity index is 478. The summed E-state index contributed by atoms with van der Waals surface area (Å²) >= 11 is 0. The van der Waals surface area contributed by atoms with Crippen molar-refractivity contribution in [2.24, 2.45) is 16.7 Å². The number of hydrogen-bond donors (Lipinski definition) is 1. The zero-order valence-corrected chi connectivity index (χ0v) is 14.5. The van der Waals surface area contributed by atoms with Crippen LogP contribution >= 0.6 is 0 Å². The van der Waals surface area contributed by atoms with Crippen LogP contribution in [0.1, 0.15) is 66.7 Å². The average Bonchev–Trinajstić information content (AvgIpc) is 2.36. The summed E-state index contributed by atoms with van der Waals surface area (Å²) in [5, 5.41) is 10.3. The summed E-state index contributed by atoms with van der Waals surface area (Å²) in [7, 11) is 0. The second kappa shape index (κ2) is 5.43. The first-order chi connectivity index (χ1) is 9.62. The molecule has 0 amide bonds. The second-order valence-electron chi connectivity index (χ2n) is 8.32. The molecule has 0 saturated heterocycles. The lowest BCUT2D eigenvalue weighted by Gasteiger charge is -2.53. The molecular formula is C20H32O. The van der Waals surface area contributed by atoms with E-state index in [9.17, 15) is 5.11 Å². The van der Waals surface area contributed by atoms with Crippen LogP contribution in [-0.4, -0.2) is 10.7 Å². The largest absolute Gasteiger partial charge is 0.386 e. The van der Waals surface area contributed by atoms with Gasteiger partial charge < -0.3 is 5.11 Å². The fourth-order valence-corrected chi connectivity index (χ4v) is 4.65. The number of hydrogen-bond acceptors (Lipinski definition) is 1. The Hall–Kier alpha value is -0.820. The number of rotatable bonds is 4. The zero-order chi connectivity index (χ0) is 15.9. The standard InChI is InChI=1S/C20H32O/c1-7-19(5,21)14-11-16-15(2)9-10-17-18(3,4)12-8-13-20(16,17)6/h7,9-10,17,21H,1,8,11-14H2,2-6H3/t17-,19-,20+/m0/s1. The van der Waals surface area contributed by atoms with Crippen LogP contribution in [0.15, 0.2) is 36.0 Å². The third-order valence-electron chi connectivity index (χ3n) is 6.07. The van der Waals surface area contributed by atoms with Gasteiger partial charge in [-0.3, -0.25) is 0 Å². The smallest absolute Gasteiger partial charge is 0.0800 e. The zero-order valence-electron chi connectivity index (χ0n) is 14.5. The molecule has 1 heteroatoms. The average molecular weight is 288 g/mol. The van der Waals surface area contributed by atoms with Crippen LogP contribution < -0.4 is 0 Å². The van der Waals surface area contributed by atoms with Crippen molar-refractivity contribution in [3.8, 4) is 0 Å². The van der Waals surface area contributed by atoms with Crippen molar-refractivity contribution in [1.29, 1.82) is 0 Å². The highest BCUT2D eigenvalue weighted by Gasteiger charge is 2.48. The van der Waals surface area contributed by atoms with Gasteiger partial charge in [-0.25, -0.2) is 0 Å². The van der Waals surface area contributed by atoms with Gasteiger partial charge in [0.15, 0.2) is 0 Å². The summed E-state index contributed by atoms with van der Waals surface area (Å²) in [5.74, 6) is 0.617. The van der Waals surface area contributed by atoms with E-state index in [1.165, 1.54) is 24.8 Å². The van der Waals surface area contributed by atoms with Crippen molar-refractivity contribution in [3.63, 3.8) is 0 Å². The Labute approximate surface area is 130 Å². The molecule has 1 nitrogen and oxygen atoms in total. The topological polar surface area (TPSA) is 20.2 Å². The molecule has 0 radical (unpaired) electrons. The van der Waals surface area contributed by atoms with Crippen molar-refractivity contribution in [1.82, 2.24) is 0 Å². The molecule has 0 heterocycles. The molecule has 0 aromatic rings. The molecule has 0 aliphatic heterocycles. The van der Waals surface area contributed by atoms with E-state index >= 15 is 0 Å². The first kappa shape index (κ1) is 16.5. The third kappa shape index (κ3) is 3.04. The van der Waals surface area contributed by atoms with Gasteiger partial charge >= 0.3 is 0 Å². The minimum Gasteiger partial charge on any atom is -0.386 e. The Morgan fingerprint density at radius 2 is 2.05 bits per heavy atom. The van der Waals surface area contributed by atoms with Gasteiger partial charge in [-0.2, -0.15) is 0 Å². The van der Waals surface area contributed by atoms with Gasteiger partial charge in [0, 0.05) is 0 Å². The van der Waals surface area contributed by atoms with E-state index in [4.69, 9.17) is 0 Å². The number of fused-ring (bicyclic) bond motifs is 1. The molecule has 1 fully saturated rings. The van der Waals surface area contributed by atoms with Gasteiger partial charge in [0.2, 0.25) is 0 Å². The molecule has 0 bridgehead atoms. The van der Waals surface area contributed by atoms with E-state index in [1.54, 1.807) is 11.6 Å². The molecule has 0 aromatic heterocycles. The molecule has 2 rings (SSSR count). The van der Waals surface area contributed by atoms with E-state index in [0.717, 1.165) is 12.8 Å². The molecule has 2 aliphatic carbocycles. The van der Waals surface area contributed by atoms with Crippen molar-refractivity contribution >= 4 is 0 Å². The van der Waals surface area contributed by atoms with Crippen LogP contribution in [-0.2, 0) is 0 Å². The highest BCUT2D eigenvalue weighted by molar-refractivity contribution is 5.37. The first-order valence-corrected chi connectivity index (χ1v) is 8.37. The Morgan fingerprint density at radius 3 is 2.67 bits per heavy atom.